The van der Waals surface area contributed by atoms with Crippen LogP contribution >= 0.6 is 34.8 Å². The number of nitrogens with zero attached hydrogens (tertiary/aromatic N) is 3. The average molecular weight is 407 g/mol. The van der Waals surface area contributed by atoms with Gasteiger partial charge in [-0.2, -0.15) is 0 Å². The predicted octanol–water partition coefficient (Wildman–Crippen LogP) is 4.14. The fourth-order valence-electron chi connectivity index (χ4n) is 2.10. The van der Waals surface area contributed by atoms with E-state index >= 15 is 0 Å². The van der Waals surface area contributed by atoms with E-state index in [9.17, 15) is 18.5 Å². The van der Waals surface area contributed by atoms with Gasteiger partial charge in [0.1, 0.15) is 11.2 Å². The SMILES string of the molecule is O=[N+]([O-])c1ccc2c(c1)ncn2S(=O)(=O)c1ccc(Cl)c(Cl)c1Cl. The van der Waals surface area contributed by atoms with Gasteiger partial charge in [0.25, 0.3) is 15.7 Å². The van der Waals surface area contributed by atoms with Gasteiger partial charge in [-0.15, -0.1) is 0 Å². The minimum Gasteiger partial charge on any atom is -0.258 e. The van der Waals surface area contributed by atoms with Crippen molar-refractivity contribution in [2.24, 2.45) is 0 Å². The summed E-state index contributed by atoms with van der Waals surface area (Å²) in [6, 6.07) is 6.20. The van der Waals surface area contributed by atoms with Crippen LogP contribution in [0.1, 0.15) is 0 Å². The lowest BCUT2D eigenvalue weighted by atomic mass is 10.3. The maximum atomic E-state index is 12.8. The monoisotopic (exact) mass is 405 g/mol. The first-order valence-corrected chi connectivity index (χ1v) is 8.81. The van der Waals surface area contributed by atoms with E-state index in [-0.39, 0.29) is 36.7 Å². The Morgan fingerprint density at radius 1 is 1.08 bits per heavy atom. The van der Waals surface area contributed by atoms with Crippen LogP contribution in [0.2, 0.25) is 15.1 Å². The van der Waals surface area contributed by atoms with E-state index in [0.29, 0.717) is 0 Å². The van der Waals surface area contributed by atoms with Gasteiger partial charge >= 0.3 is 0 Å². The minimum absolute atomic E-state index is 0.0838. The molecule has 7 nitrogen and oxygen atoms in total. The molecule has 0 saturated heterocycles. The second-order valence-corrected chi connectivity index (χ2v) is 7.60. The van der Waals surface area contributed by atoms with Gasteiger partial charge in [-0.3, -0.25) is 10.1 Å². The van der Waals surface area contributed by atoms with Crippen molar-refractivity contribution in [3.8, 4) is 0 Å². The van der Waals surface area contributed by atoms with Gasteiger partial charge in [-0.05, 0) is 18.2 Å². The molecule has 2 aromatic carbocycles. The van der Waals surface area contributed by atoms with Crippen LogP contribution < -0.4 is 0 Å². The molecule has 24 heavy (non-hydrogen) atoms. The molecule has 1 aromatic heterocycles. The Kier molecular flexibility index (Phi) is 4.16. The number of aromatic nitrogens is 2. The fraction of sp³-hybridized carbons (Fsp3) is 0. The molecule has 0 aliphatic heterocycles. The Morgan fingerprint density at radius 2 is 1.79 bits per heavy atom. The molecule has 3 aromatic rings. The molecule has 0 saturated carbocycles. The van der Waals surface area contributed by atoms with Crippen LogP contribution in [-0.4, -0.2) is 22.3 Å². The molecule has 3 rings (SSSR count). The van der Waals surface area contributed by atoms with Crippen LogP contribution in [0.15, 0.2) is 41.6 Å². The van der Waals surface area contributed by atoms with Crippen molar-refractivity contribution in [2.45, 2.75) is 4.90 Å². The quantitative estimate of drug-likeness (QED) is 0.370. The number of nitro benzene ring substituents is 1. The summed E-state index contributed by atoms with van der Waals surface area (Å²) in [5.74, 6) is 0. The van der Waals surface area contributed by atoms with Crippen molar-refractivity contribution < 1.29 is 13.3 Å². The van der Waals surface area contributed by atoms with Gasteiger partial charge in [0.15, 0.2) is 0 Å². The standard InChI is InChI=1S/C13H6Cl3N3O4S/c14-8-2-4-11(13(16)12(8)15)24(22,23)18-6-17-9-5-7(19(20)21)1-3-10(9)18/h1-6H. The lowest BCUT2D eigenvalue weighted by Crippen LogP contribution is -2.12. The largest absolute Gasteiger partial charge is 0.271 e. The number of benzene rings is 2. The lowest BCUT2D eigenvalue weighted by Gasteiger charge is -2.10. The third-order valence-corrected chi connectivity index (χ3v) is 6.36. The number of halogens is 3. The molecule has 0 radical (unpaired) electrons. The summed E-state index contributed by atoms with van der Waals surface area (Å²) >= 11 is 17.7. The number of hydrogen-bond donors (Lipinski definition) is 0. The molecule has 0 bridgehead atoms. The van der Waals surface area contributed by atoms with E-state index in [1.165, 1.54) is 30.3 Å². The van der Waals surface area contributed by atoms with Crippen LogP contribution in [0.5, 0.6) is 0 Å². The first-order chi connectivity index (χ1) is 11.2. The fourth-order valence-corrected chi connectivity index (χ4v) is 4.35. The van der Waals surface area contributed by atoms with Crippen molar-refractivity contribution in [3.63, 3.8) is 0 Å². The molecule has 0 aliphatic carbocycles. The first-order valence-electron chi connectivity index (χ1n) is 6.24. The number of fused-ring (bicyclic) bond motifs is 1. The molecule has 0 aliphatic rings. The van der Waals surface area contributed by atoms with Crippen LogP contribution in [0.3, 0.4) is 0 Å². The molecule has 1 heterocycles. The molecule has 0 fully saturated rings. The second-order valence-electron chi connectivity index (χ2n) is 4.65. The summed E-state index contributed by atoms with van der Waals surface area (Å²) in [4.78, 5) is 13.8. The summed E-state index contributed by atoms with van der Waals surface area (Å²) in [6.07, 6.45) is 1.04. The summed E-state index contributed by atoms with van der Waals surface area (Å²) in [5, 5.41) is 10.6. The molecule has 0 amide bonds. The Morgan fingerprint density at radius 3 is 2.46 bits per heavy atom. The zero-order chi connectivity index (χ0) is 17.6. The highest BCUT2D eigenvalue weighted by atomic mass is 35.5. The highest BCUT2D eigenvalue weighted by molar-refractivity contribution is 7.90. The highest BCUT2D eigenvalue weighted by Crippen LogP contribution is 2.36. The zero-order valence-electron chi connectivity index (χ0n) is 11.5. The van der Waals surface area contributed by atoms with E-state index < -0.39 is 14.9 Å². The minimum atomic E-state index is -4.12. The maximum absolute atomic E-state index is 12.8. The van der Waals surface area contributed by atoms with E-state index in [0.717, 1.165) is 10.3 Å². The van der Waals surface area contributed by atoms with Crippen LogP contribution in [0.25, 0.3) is 11.0 Å². The number of imidazole rings is 1. The normalized spacial score (nSPS) is 11.8. The number of nitro groups is 1. The van der Waals surface area contributed by atoms with Gasteiger partial charge in [0.05, 0.1) is 31.0 Å². The molecule has 11 heteroatoms. The van der Waals surface area contributed by atoms with Crippen molar-refractivity contribution >= 4 is 61.5 Å². The molecular weight excluding hydrogens is 401 g/mol. The van der Waals surface area contributed by atoms with Crippen molar-refractivity contribution in [1.82, 2.24) is 8.96 Å². The van der Waals surface area contributed by atoms with E-state index in [2.05, 4.69) is 4.98 Å². The van der Waals surface area contributed by atoms with Gasteiger partial charge in [0, 0.05) is 12.1 Å². The zero-order valence-corrected chi connectivity index (χ0v) is 14.6. The highest BCUT2D eigenvalue weighted by Gasteiger charge is 2.25. The summed E-state index contributed by atoms with van der Waals surface area (Å²) in [6.45, 7) is 0. The summed E-state index contributed by atoms with van der Waals surface area (Å²) < 4.78 is 26.5. The third kappa shape index (κ3) is 2.61. The maximum Gasteiger partial charge on any atom is 0.271 e. The Balaban J connectivity index is 2.23. The average Bonchev–Trinajstić information content (AvgIpc) is 2.96. The number of rotatable bonds is 3. The smallest absolute Gasteiger partial charge is 0.258 e. The van der Waals surface area contributed by atoms with Crippen LogP contribution in [-0.2, 0) is 10.0 Å². The first kappa shape index (κ1) is 17.0. The molecule has 0 unspecified atom stereocenters. The number of non-ortho nitro benzene ring substituents is 1. The Bertz CT molecular complexity index is 1100. The van der Waals surface area contributed by atoms with Crippen molar-refractivity contribution in [3.05, 3.63) is 61.8 Å². The molecule has 124 valence electrons. The van der Waals surface area contributed by atoms with Gasteiger partial charge in [-0.1, -0.05) is 34.8 Å². The lowest BCUT2D eigenvalue weighted by molar-refractivity contribution is -0.384. The predicted molar refractivity (Wildman–Crippen MR) is 90.4 cm³/mol. The van der Waals surface area contributed by atoms with Gasteiger partial charge < -0.3 is 0 Å². The van der Waals surface area contributed by atoms with E-state index in [1.807, 2.05) is 0 Å². The topological polar surface area (TPSA) is 95.1 Å². The van der Waals surface area contributed by atoms with E-state index in [4.69, 9.17) is 34.8 Å². The second kappa shape index (κ2) is 5.89. The molecule has 0 atom stereocenters. The van der Waals surface area contributed by atoms with Crippen molar-refractivity contribution in [1.29, 1.82) is 0 Å². The molecular formula is C13H6Cl3N3O4S. The Labute approximate surface area is 150 Å². The van der Waals surface area contributed by atoms with Crippen LogP contribution in [0.4, 0.5) is 5.69 Å². The van der Waals surface area contributed by atoms with Crippen molar-refractivity contribution in [2.75, 3.05) is 0 Å². The summed E-state index contributed by atoms with van der Waals surface area (Å²) in [5.41, 5.74) is 0.129. The van der Waals surface area contributed by atoms with Gasteiger partial charge in [0.2, 0.25) is 0 Å². The number of hydrogen-bond acceptors (Lipinski definition) is 5. The molecule has 0 N–H and O–H groups in total. The summed E-state index contributed by atoms with van der Waals surface area (Å²) in [7, 11) is -4.12. The van der Waals surface area contributed by atoms with E-state index in [1.54, 1.807) is 0 Å². The van der Waals surface area contributed by atoms with Gasteiger partial charge in [-0.25, -0.2) is 17.4 Å². The molecule has 0 spiro atoms. The van der Waals surface area contributed by atoms with Crippen LogP contribution in [0, 0.1) is 10.1 Å². The third-order valence-electron chi connectivity index (χ3n) is 3.25. The Hall–Kier alpha value is -1.87.